The summed E-state index contributed by atoms with van der Waals surface area (Å²) in [5.41, 5.74) is 7.51. The maximum Gasteiger partial charge on any atom is 0.393 e. The van der Waals surface area contributed by atoms with E-state index in [4.69, 9.17) is 5.73 Å². The monoisotopic (exact) mass is 364 g/mol. The van der Waals surface area contributed by atoms with E-state index in [9.17, 15) is 18.4 Å². The average Bonchev–Trinajstić information content (AvgIpc) is 2.72. The van der Waals surface area contributed by atoms with E-state index < -0.39 is 18.1 Å². The maximum absolute atomic E-state index is 13.4. The third kappa shape index (κ3) is 5.09. The predicted octanol–water partition coefficient (Wildman–Crippen LogP) is 3.74. The van der Waals surface area contributed by atoms with Gasteiger partial charge in [0.2, 0.25) is 0 Å². The van der Waals surface area contributed by atoms with Crippen molar-refractivity contribution in [2.45, 2.75) is 32.5 Å². The molecule has 1 aromatic rings. The van der Waals surface area contributed by atoms with Gasteiger partial charge in [0.25, 0.3) is 0 Å². The number of halogens is 3. The minimum absolute atomic E-state index is 0.0784. The van der Waals surface area contributed by atoms with Crippen LogP contribution in [0.1, 0.15) is 24.6 Å². The highest BCUT2D eigenvalue weighted by Gasteiger charge is 2.43. The van der Waals surface area contributed by atoms with Gasteiger partial charge in [-0.1, -0.05) is 13.0 Å². The Hall–Kier alpha value is -2.33. The maximum atomic E-state index is 13.4. The van der Waals surface area contributed by atoms with Crippen molar-refractivity contribution in [1.82, 2.24) is 4.98 Å². The van der Waals surface area contributed by atoms with E-state index >= 15 is 0 Å². The Morgan fingerprint density at radius 2 is 1.96 bits per heavy atom. The first-order valence-corrected chi connectivity index (χ1v) is 8.49. The van der Waals surface area contributed by atoms with Crippen molar-refractivity contribution in [2.24, 2.45) is 17.6 Å². The summed E-state index contributed by atoms with van der Waals surface area (Å²) in [5, 5.41) is 9.26. The van der Waals surface area contributed by atoms with Crippen LogP contribution in [0.5, 0.6) is 0 Å². The molecule has 0 spiro atoms. The number of nitriles is 1. The second-order valence-electron chi connectivity index (χ2n) is 6.72. The largest absolute Gasteiger partial charge is 0.393 e. The molecule has 2 rings (SSSR count). The normalized spacial score (nSPS) is 23.6. The third-order valence-corrected chi connectivity index (χ3v) is 4.73. The van der Waals surface area contributed by atoms with Gasteiger partial charge in [-0.2, -0.15) is 18.4 Å². The molecule has 2 unspecified atom stereocenters. The van der Waals surface area contributed by atoms with Crippen LogP contribution in [0.3, 0.4) is 0 Å². The fourth-order valence-electron chi connectivity index (χ4n) is 3.01. The Morgan fingerprint density at radius 1 is 1.23 bits per heavy atom. The number of hydrogen-bond acceptors (Lipinski definition) is 4. The van der Waals surface area contributed by atoms with E-state index in [-0.39, 0.29) is 18.9 Å². The predicted molar refractivity (Wildman–Crippen MR) is 94.8 cm³/mol. The van der Waals surface area contributed by atoms with Gasteiger partial charge in [-0.25, -0.2) is 0 Å². The fraction of sp³-hybridized carbons (Fsp3) is 0.474. The second-order valence-corrected chi connectivity index (χ2v) is 6.72. The van der Waals surface area contributed by atoms with E-state index in [1.807, 2.05) is 6.92 Å². The van der Waals surface area contributed by atoms with Crippen LogP contribution in [-0.4, -0.2) is 30.3 Å². The van der Waals surface area contributed by atoms with E-state index in [0.717, 1.165) is 0 Å². The molecule has 1 aromatic heterocycles. The van der Waals surface area contributed by atoms with E-state index in [1.165, 1.54) is 0 Å². The van der Waals surface area contributed by atoms with Crippen LogP contribution in [0.4, 0.5) is 18.9 Å². The zero-order chi connectivity index (χ0) is 19.3. The molecular weight excluding hydrogens is 341 g/mol. The van der Waals surface area contributed by atoms with Gasteiger partial charge in [-0.3, -0.25) is 4.98 Å². The zero-order valence-corrected chi connectivity index (χ0v) is 14.9. The molecule has 0 amide bonds. The molecule has 2 N–H and O–H groups in total. The van der Waals surface area contributed by atoms with Crippen LogP contribution in [-0.2, 0) is 0 Å². The van der Waals surface area contributed by atoms with Crippen molar-refractivity contribution in [3.8, 4) is 6.07 Å². The molecule has 2 heterocycles. The number of rotatable bonds is 1. The van der Waals surface area contributed by atoms with Gasteiger partial charge < -0.3 is 10.6 Å². The molecule has 140 valence electrons. The highest BCUT2D eigenvalue weighted by Crippen LogP contribution is 2.35. The summed E-state index contributed by atoms with van der Waals surface area (Å²) in [6, 6.07) is 9.97. The van der Waals surface area contributed by atoms with Crippen molar-refractivity contribution in [2.75, 3.05) is 18.0 Å². The van der Waals surface area contributed by atoms with Crippen LogP contribution in [0.2, 0.25) is 0 Å². The first-order chi connectivity index (χ1) is 12.2. The summed E-state index contributed by atoms with van der Waals surface area (Å²) in [6.45, 7) is 3.86. The quantitative estimate of drug-likeness (QED) is 0.824. The molecule has 3 atom stereocenters. The lowest BCUT2D eigenvalue weighted by atomic mass is 9.94. The lowest BCUT2D eigenvalue weighted by Crippen LogP contribution is -2.36. The van der Waals surface area contributed by atoms with Crippen LogP contribution in [0.15, 0.2) is 36.5 Å². The van der Waals surface area contributed by atoms with Crippen LogP contribution in [0.25, 0.3) is 0 Å². The zero-order valence-electron chi connectivity index (χ0n) is 14.9. The highest BCUT2D eigenvalue weighted by atomic mass is 19.4. The number of anilines is 1. The Bertz CT molecular complexity index is 725. The lowest BCUT2D eigenvalue weighted by molar-refractivity contribution is -0.173. The highest BCUT2D eigenvalue weighted by molar-refractivity contribution is 5.47. The number of nitrogens with two attached hydrogens (primary N) is 1. The van der Waals surface area contributed by atoms with Gasteiger partial charge in [-0.15, -0.1) is 0 Å². The summed E-state index contributed by atoms with van der Waals surface area (Å²) in [4.78, 5) is 5.85. The molecule has 1 saturated heterocycles. The Morgan fingerprint density at radius 3 is 2.62 bits per heavy atom. The number of alkyl halides is 3. The molecule has 1 aliphatic rings. The van der Waals surface area contributed by atoms with Gasteiger partial charge in [0, 0.05) is 31.0 Å². The van der Waals surface area contributed by atoms with Crippen molar-refractivity contribution >= 4 is 5.69 Å². The van der Waals surface area contributed by atoms with Crippen molar-refractivity contribution in [3.63, 3.8) is 0 Å². The van der Waals surface area contributed by atoms with Gasteiger partial charge in [0.05, 0.1) is 17.2 Å². The summed E-state index contributed by atoms with van der Waals surface area (Å²) >= 11 is 0. The van der Waals surface area contributed by atoms with Crippen molar-refractivity contribution < 1.29 is 13.2 Å². The Balaban J connectivity index is 2.49. The summed E-state index contributed by atoms with van der Waals surface area (Å²) < 4.78 is 40.2. The number of hydrogen-bond donors (Lipinski definition) is 1. The standard InChI is InChI=1S/C19H23F3N4/c1-13-11-26(12-16(9-18(13)24)19(20,21)22)17-5-3-4-8-25-14(2)15(10-23)6-7-17/h3-8,13,16,18H,9,11-12,24H2,1-2H3/t13?,16?,18-/m1/s1. The van der Waals surface area contributed by atoms with E-state index in [2.05, 4.69) is 11.1 Å². The minimum Gasteiger partial charge on any atom is -0.371 e. The topological polar surface area (TPSA) is 65.9 Å². The molecule has 1 fully saturated rings. The lowest BCUT2D eigenvalue weighted by Gasteiger charge is -2.28. The number of aryl methyl sites for hydroxylation is 1. The van der Waals surface area contributed by atoms with E-state index in [0.29, 0.717) is 23.5 Å². The van der Waals surface area contributed by atoms with Gasteiger partial charge in [0.15, 0.2) is 0 Å². The molecule has 0 saturated carbocycles. The molecule has 4 nitrogen and oxygen atoms in total. The third-order valence-electron chi connectivity index (χ3n) is 4.73. The number of aromatic nitrogens is 1. The summed E-state index contributed by atoms with van der Waals surface area (Å²) in [6.07, 6.45) is -2.82. The molecule has 26 heavy (non-hydrogen) atoms. The molecular formula is C19H23F3N4. The Labute approximate surface area is 151 Å². The summed E-state index contributed by atoms with van der Waals surface area (Å²) in [5.74, 6) is -1.56. The van der Waals surface area contributed by atoms with Crippen LogP contribution >= 0.6 is 0 Å². The smallest absolute Gasteiger partial charge is 0.371 e. The van der Waals surface area contributed by atoms with Gasteiger partial charge >= 0.3 is 6.18 Å². The molecule has 1 aliphatic heterocycles. The summed E-state index contributed by atoms with van der Waals surface area (Å²) in [7, 11) is 0. The van der Waals surface area contributed by atoms with Crippen molar-refractivity contribution in [1.29, 1.82) is 5.26 Å². The Kier molecular flexibility index (Phi) is 6.43. The molecule has 0 aromatic carbocycles. The first-order valence-electron chi connectivity index (χ1n) is 8.49. The van der Waals surface area contributed by atoms with Gasteiger partial charge in [0.1, 0.15) is 6.07 Å². The van der Waals surface area contributed by atoms with E-state index in [1.54, 1.807) is 48.4 Å². The average molecular weight is 364 g/mol. The second kappa shape index (κ2) is 8.37. The van der Waals surface area contributed by atoms with Crippen LogP contribution in [0, 0.1) is 30.1 Å². The minimum atomic E-state index is -4.29. The van der Waals surface area contributed by atoms with Crippen LogP contribution < -0.4 is 10.6 Å². The first kappa shape index (κ1) is 20.0. The van der Waals surface area contributed by atoms with Crippen molar-refractivity contribution in [3.05, 3.63) is 47.8 Å². The molecule has 0 aliphatic carbocycles. The fourth-order valence-corrected chi connectivity index (χ4v) is 3.01. The van der Waals surface area contributed by atoms with Gasteiger partial charge in [-0.05, 0) is 43.5 Å². The molecule has 0 bridgehead atoms. The SMILES string of the molecule is Cc1nccccc(N2CC(C)[C@H](N)CC(C(F)(F)F)C2)ccc1C#N. The number of nitrogens with zero attached hydrogens (tertiary/aromatic N) is 3. The molecule has 0 radical (unpaired) electrons. The molecule has 7 heteroatoms.